The van der Waals surface area contributed by atoms with E-state index in [0.717, 1.165) is 26.2 Å². The molecule has 0 unspecified atom stereocenters. The monoisotopic (exact) mass is 230 g/mol. The number of para-hydroxylation sites is 1. The molecule has 0 aliphatic carbocycles. The minimum absolute atomic E-state index is 0.627. The molecule has 0 atom stereocenters. The molecule has 1 saturated heterocycles. The zero-order valence-electron chi connectivity index (χ0n) is 11.3. The molecule has 92 valence electrons. The number of rotatable bonds is 2. The molecular formula is C14H23BN2. The van der Waals surface area contributed by atoms with Gasteiger partial charge in [0, 0.05) is 31.9 Å². The van der Waals surface area contributed by atoms with E-state index in [2.05, 4.69) is 41.1 Å². The normalized spacial score (nSPS) is 16.3. The Bertz CT molecular complexity index is 320. The van der Waals surface area contributed by atoms with Gasteiger partial charge in [0.25, 0.3) is 0 Å². The number of benzene rings is 1. The Morgan fingerprint density at radius 2 is 1.65 bits per heavy atom. The van der Waals surface area contributed by atoms with Crippen LogP contribution in [0.2, 0.25) is 0 Å². The Morgan fingerprint density at radius 3 is 2.24 bits per heavy atom. The standard InChI is InChI=1S/C12H17BN2.C2H6/c1-14-6-8-15(9-7-14)12-5-3-2-4-11(12)10-13;1-2/h2-5H,6-10H2,1H3;1-2H3. The average Bonchev–Trinajstić information content (AvgIpc) is 2.42. The van der Waals surface area contributed by atoms with Gasteiger partial charge in [0.15, 0.2) is 0 Å². The summed E-state index contributed by atoms with van der Waals surface area (Å²) in [6, 6.07) is 8.44. The number of hydrogen-bond acceptors (Lipinski definition) is 2. The van der Waals surface area contributed by atoms with E-state index in [-0.39, 0.29) is 0 Å². The van der Waals surface area contributed by atoms with Crippen molar-refractivity contribution < 1.29 is 0 Å². The zero-order chi connectivity index (χ0) is 12.7. The van der Waals surface area contributed by atoms with Crippen LogP contribution in [0.1, 0.15) is 19.4 Å². The van der Waals surface area contributed by atoms with Crippen molar-refractivity contribution in [2.45, 2.75) is 20.2 Å². The molecule has 3 heteroatoms. The van der Waals surface area contributed by atoms with Crippen molar-refractivity contribution in [1.82, 2.24) is 4.90 Å². The molecule has 1 aliphatic rings. The average molecular weight is 230 g/mol. The summed E-state index contributed by atoms with van der Waals surface area (Å²) in [6.07, 6.45) is 0.627. The lowest BCUT2D eigenvalue weighted by molar-refractivity contribution is 0.312. The maximum absolute atomic E-state index is 5.75. The van der Waals surface area contributed by atoms with Crippen molar-refractivity contribution in [1.29, 1.82) is 0 Å². The maximum atomic E-state index is 5.75. The summed E-state index contributed by atoms with van der Waals surface area (Å²) in [7, 11) is 7.92. The third kappa shape index (κ3) is 3.77. The van der Waals surface area contributed by atoms with E-state index in [0.29, 0.717) is 6.32 Å². The Morgan fingerprint density at radius 1 is 1.06 bits per heavy atom. The summed E-state index contributed by atoms with van der Waals surface area (Å²) in [6.45, 7) is 8.48. The van der Waals surface area contributed by atoms with Crippen LogP contribution in [0, 0.1) is 0 Å². The molecular weight excluding hydrogens is 207 g/mol. The second-order valence-electron chi connectivity index (χ2n) is 4.12. The molecule has 0 saturated carbocycles. The molecule has 0 aromatic heterocycles. The fourth-order valence-electron chi connectivity index (χ4n) is 2.04. The van der Waals surface area contributed by atoms with E-state index >= 15 is 0 Å². The highest BCUT2D eigenvalue weighted by atomic mass is 15.2. The number of hydrogen-bond donors (Lipinski definition) is 0. The van der Waals surface area contributed by atoms with Crippen LogP contribution in [-0.2, 0) is 6.32 Å². The van der Waals surface area contributed by atoms with Gasteiger partial charge in [0.05, 0.1) is 7.85 Å². The van der Waals surface area contributed by atoms with Crippen LogP contribution >= 0.6 is 0 Å². The van der Waals surface area contributed by atoms with E-state index in [1.54, 1.807) is 0 Å². The molecule has 0 N–H and O–H groups in total. The van der Waals surface area contributed by atoms with Gasteiger partial charge in [-0.1, -0.05) is 38.4 Å². The summed E-state index contributed by atoms with van der Waals surface area (Å²) >= 11 is 0. The summed E-state index contributed by atoms with van der Waals surface area (Å²) in [5.74, 6) is 0. The van der Waals surface area contributed by atoms with E-state index in [9.17, 15) is 0 Å². The lowest BCUT2D eigenvalue weighted by Gasteiger charge is -2.35. The minimum Gasteiger partial charge on any atom is -0.369 e. The van der Waals surface area contributed by atoms with Crippen LogP contribution in [-0.4, -0.2) is 46.0 Å². The predicted octanol–water partition coefficient (Wildman–Crippen LogP) is 2.13. The van der Waals surface area contributed by atoms with Gasteiger partial charge >= 0.3 is 0 Å². The van der Waals surface area contributed by atoms with Crippen LogP contribution in [0.25, 0.3) is 0 Å². The third-order valence-electron chi connectivity index (χ3n) is 3.06. The first-order valence-electron chi connectivity index (χ1n) is 6.52. The number of likely N-dealkylation sites (N-methyl/N-ethyl adjacent to an activating group) is 1. The van der Waals surface area contributed by atoms with Gasteiger partial charge in [-0.15, -0.1) is 0 Å². The van der Waals surface area contributed by atoms with E-state index in [1.165, 1.54) is 11.3 Å². The molecule has 0 spiro atoms. The highest BCUT2D eigenvalue weighted by molar-refractivity contribution is 6.08. The molecule has 1 heterocycles. The quantitative estimate of drug-likeness (QED) is 0.718. The lowest BCUT2D eigenvalue weighted by Crippen LogP contribution is -2.44. The largest absolute Gasteiger partial charge is 0.369 e. The van der Waals surface area contributed by atoms with Crippen molar-refractivity contribution in [3.05, 3.63) is 29.8 Å². The van der Waals surface area contributed by atoms with Crippen molar-refractivity contribution in [2.75, 3.05) is 38.1 Å². The van der Waals surface area contributed by atoms with Crippen molar-refractivity contribution in [3.63, 3.8) is 0 Å². The van der Waals surface area contributed by atoms with E-state index in [1.807, 2.05) is 13.8 Å². The molecule has 2 radical (unpaired) electrons. The molecule has 1 aromatic carbocycles. The first-order valence-corrected chi connectivity index (χ1v) is 6.52. The Hall–Kier alpha value is -0.955. The van der Waals surface area contributed by atoms with Crippen LogP contribution in [0.15, 0.2) is 24.3 Å². The fourth-order valence-corrected chi connectivity index (χ4v) is 2.04. The van der Waals surface area contributed by atoms with Gasteiger partial charge in [0.2, 0.25) is 0 Å². The molecule has 0 amide bonds. The molecule has 2 nitrogen and oxygen atoms in total. The first kappa shape index (κ1) is 14.1. The Kier molecular flexibility index (Phi) is 6.13. The lowest BCUT2D eigenvalue weighted by atomic mass is 9.95. The number of piperazine rings is 1. The Balaban J connectivity index is 0.000000686. The summed E-state index contributed by atoms with van der Waals surface area (Å²) in [5.41, 5.74) is 2.56. The van der Waals surface area contributed by atoms with Crippen LogP contribution < -0.4 is 4.90 Å². The number of nitrogens with zero attached hydrogens (tertiary/aromatic N) is 2. The SMILES string of the molecule is CC.[B]Cc1ccccc1N1CCN(C)CC1. The van der Waals surface area contributed by atoms with Gasteiger partial charge in [-0.05, 0) is 18.7 Å². The highest BCUT2D eigenvalue weighted by Crippen LogP contribution is 2.21. The second kappa shape index (κ2) is 7.39. The fraction of sp³-hybridized carbons (Fsp3) is 0.571. The minimum atomic E-state index is 0.627. The van der Waals surface area contributed by atoms with Gasteiger partial charge < -0.3 is 9.80 Å². The van der Waals surface area contributed by atoms with E-state index < -0.39 is 0 Å². The predicted molar refractivity (Wildman–Crippen MR) is 77.0 cm³/mol. The maximum Gasteiger partial charge on any atom is 0.0717 e. The highest BCUT2D eigenvalue weighted by Gasteiger charge is 2.15. The van der Waals surface area contributed by atoms with Crippen molar-refractivity contribution in [2.24, 2.45) is 0 Å². The molecule has 1 fully saturated rings. The van der Waals surface area contributed by atoms with Crippen LogP contribution in [0.5, 0.6) is 0 Å². The van der Waals surface area contributed by atoms with Crippen molar-refractivity contribution >= 4 is 13.5 Å². The molecule has 1 aromatic rings. The Labute approximate surface area is 107 Å². The summed E-state index contributed by atoms with van der Waals surface area (Å²) < 4.78 is 0. The van der Waals surface area contributed by atoms with Gasteiger partial charge in [-0.2, -0.15) is 0 Å². The summed E-state index contributed by atoms with van der Waals surface area (Å²) in [4.78, 5) is 4.80. The van der Waals surface area contributed by atoms with Crippen LogP contribution in [0.3, 0.4) is 0 Å². The molecule has 1 aliphatic heterocycles. The second-order valence-corrected chi connectivity index (χ2v) is 4.12. The van der Waals surface area contributed by atoms with Gasteiger partial charge in [-0.3, -0.25) is 0 Å². The molecule has 2 rings (SSSR count). The van der Waals surface area contributed by atoms with Gasteiger partial charge in [0.1, 0.15) is 0 Å². The van der Waals surface area contributed by atoms with Crippen LogP contribution in [0.4, 0.5) is 5.69 Å². The van der Waals surface area contributed by atoms with E-state index in [4.69, 9.17) is 7.85 Å². The zero-order valence-corrected chi connectivity index (χ0v) is 11.3. The third-order valence-corrected chi connectivity index (χ3v) is 3.06. The topological polar surface area (TPSA) is 6.48 Å². The molecule has 17 heavy (non-hydrogen) atoms. The van der Waals surface area contributed by atoms with Crippen molar-refractivity contribution in [3.8, 4) is 0 Å². The van der Waals surface area contributed by atoms with Gasteiger partial charge in [-0.25, -0.2) is 0 Å². The number of anilines is 1. The smallest absolute Gasteiger partial charge is 0.0717 e. The summed E-state index contributed by atoms with van der Waals surface area (Å²) in [5, 5.41) is 0. The molecule has 0 bridgehead atoms. The first-order chi connectivity index (χ1) is 8.31.